The fourth-order valence-electron chi connectivity index (χ4n) is 2.43. The van der Waals surface area contributed by atoms with E-state index in [0.717, 1.165) is 18.9 Å². The molecule has 114 valence electrons. The van der Waals surface area contributed by atoms with Crippen LogP contribution in [0.5, 0.6) is 0 Å². The summed E-state index contributed by atoms with van der Waals surface area (Å²) in [6.07, 6.45) is 4.49. The molecule has 0 atom stereocenters. The van der Waals surface area contributed by atoms with Crippen LogP contribution in [0.2, 0.25) is 0 Å². The first kappa shape index (κ1) is 15.4. The van der Waals surface area contributed by atoms with E-state index in [9.17, 15) is 14.0 Å². The van der Waals surface area contributed by atoms with Crippen LogP contribution in [-0.2, 0) is 9.53 Å². The Morgan fingerprint density at radius 2 is 2.05 bits per heavy atom. The lowest BCUT2D eigenvalue weighted by atomic mass is 10.2. The molecule has 1 aromatic rings. The number of hydrogen-bond acceptors (Lipinski definition) is 4. The van der Waals surface area contributed by atoms with Crippen LogP contribution in [0.25, 0.3) is 0 Å². The second-order valence-corrected chi connectivity index (χ2v) is 5.10. The molecular weight excluding hydrogens is 275 g/mol. The zero-order chi connectivity index (χ0) is 15.2. The fourth-order valence-corrected chi connectivity index (χ4v) is 2.43. The summed E-state index contributed by atoms with van der Waals surface area (Å²) in [6.45, 7) is 0.132. The third-order valence-corrected chi connectivity index (χ3v) is 3.57. The second-order valence-electron chi connectivity index (χ2n) is 5.10. The van der Waals surface area contributed by atoms with E-state index >= 15 is 0 Å². The van der Waals surface area contributed by atoms with Crippen molar-refractivity contribution in [3.8, 4) is 0 Å². The van der Waals surface area contributed by atoms with Crippen molar-refractivity contribution in [2.24, 2.45) is 0 Å². The van der Waals surface area contributed by atoms with Gasteiger partial charge in [-0.2, -0.15) is 0 Å². The van der Waals surface area contributed by atoms with Gasteiger partial charge in [0.2, 0.25) is 5.91 Å². The zero-order valence-electron chi connectivity index (χ0n) is 11.9. The van der Waals surface area contributed by atoms with E-state index in [1.54, 1.807) is 0 Å². The Bertz CT molecular complexity index is 528. The summed E-state index contributed by atoms with van der Waals surface area (Å²) in [6, 6.07) is 4.08. The number of carbonyl (C=O) groups excluding carboxylic acids is 2. The van der Waals surface area contributed by atoms with Crippen molar-refractivity contribution in [1.29, 1.82) is 0 Å². The molecule has 0 aliphatic heterocycles. The Morgan fingerprint density at radius 3 is 2.71 bits per heavy atom. The first-order valence-electron chi connectivity index (χ1n) is 7.01. The molecule has 1 aromatic carbocycles. The lowest BCUT2D eigenvalue weighted by Crippen LogP contribution is -2.34. The maximum absolute atomic E-state index is 13.7. The Morgan fingerprint density at radius 1 is 1.33 bits per heavy atom. The van der Waals surface area contributed by atoms with E-state index in [4.69, 9.17) is 0 Å². The van der Waals surface area contributed by atoms with Crippen molar-refractivity contribution in [3.63, 3.8) is 0 Å². The molecule has 0 radical (unpaired) electrons. The predicted molar refractivity (Wildman–Crippen MR) is 76.6 cm³/mol. The van der Waals surface area contributed by atoms with Crippen LogP contribution in [-0.4, -0.2) is 31.6 Å². The Kier molecular flexibility index (Phi) is 5.27. The van der Waals surface area contributed by atoms with E-state index in [2.05, 4.69) is 15.4 Å². The van der Waals surface area contributed by atoms with Gasteiger partial charge in [-0.3, -0.25) is 4.79 Å². The van der Waals surface area contributed by atoms with Gasteiger partial charge in [0.1, 0.15) is 5.82 Å². The number of halogens is 1. The number of benzene rings is 1. The summed E-state index contributed by atoms with van der Waals surface area (Å²) in [5.41, 5.74) is 0.175. The Balaban J connectivity index is 1.94. The Labute approximate surface area is 122 Å². The highest BCUT2D eigenvalue weighted by molar-refractivity contribution is 5.95. The minimum Gasteiger partial charge on any atom is -0.465 e. The van der Waals surface area contributed by atoms with E-state index in [-0.39, 0.29) is 23.7 Å². The van der Waals surface area contributed by atoms with Crippen LogP contribution >= 0.6 is 0 Å². The fraction of sp³-hybridized carbons (Fsp3) is 0.467. The summed E-state index contributed by atoms with van der Waals surface area (Å²) >= 11 is 0. The quantitative estimate of drug-likeness (QED) is 0.816. The lowest BCUT2D eigenvalue weighted by molar-refractivity contribution is -0.115. The number of ether oxygens (including phenoxy) is 1. The van der Waals surface area contributed by atoms with Gasteiger partial charge in [-0.25, -0.2) is 9.18 Å². The van der Waals surface area contributed by atoms with Crippen molar-refractivity contribution in [1.82, 2.24) is 5.32 Å². The molecule has 1 saturated carbocycles. The molecule has 1 amide bonds. The van der Waals surface area contributed by atoms with Crippen LogP contribution < -0.4 is 10.6 Å². The first-order valence-corrected chi connectivity index (χ1v) is 7.01. The third kappa shape index (κ3) is 4.26. The molecule has 2 rings (SSSR count). The molecule has 1 fully saturated rings. The van der Waals surface area contributed by atoms with Gasteiger partial charge in [-0.1, -0.05) is 12.8 Å². The average Bonchev–Trinajstić information content (AvgIpc) is 3.00. The standard InChI is InChI=1S/C15H19FN2O3/c1-21-15(20)10-6-7-12(16)13(8-10)18-14(19)9-17-11-4-2-3-5-11/h6-8,11,17H,2-5,9H2,1H3,(H,18,19). The van der Waals surface area contributed by atoms with Crippen LogP contribution in [0, 0.1) is 5.82 Å². The van der Waals surface area contributed by atoms with Crippen molar-refractivity contribution < 1.29 is 18.7 Å². The van der Waals surface area contributed by atoms with E-state index < -0.39 is 11.8 Å². The molecule has 0 bridgehead atoms. The molecule has 0 saturated heterocycles. The SMILES string of the molecule is COC(=O)c1ccc(F)c(NC(=O)CNC2CCCC2)c1. The molecule has 1 aliphatic carbocycles. The van der Waals surface area contributed by atoms with Crippen molar-refractivity contribution in [3.05, 3.63) is 29.6 Å². The van der Waals surface area contributed by atoms with Crippen molar-refractivity contribution in [2.45, 2.75) is 31.7 Å². The number of anilines is 1. The predicted octanol–water partition coefficient (Wildman–Crippen LogP) is 2.08. The van der Waals surface area contributed by atoms with Gasteiger partial charge in [0.05, 0.1) is 24.9 Å². The van der Waals surface area contributed by atoms with Crippen LogP contribution in [0.15, 0.2) is 18.2 Å². The third-order valence-electron chi connectivity index (χ3n) is 3.57. The molecule has 0 unspecified atom stereocenters. The van der Waals surface area contributed by atoms with Gasteiger partial charge < -0.3 is 15.4 Å². The minimum atomic E-state index is -0.586. The molecule has 0 spiro atoms. The van der Waals surface area contributed by atoms with E-state index in [1.165, 1.54) is 32.1 Å². The second kappa shape index (κ2) is 7.17. The highest BCUT2D eigenvalue weighted by Crippen LogP contribution is 2.18. The maximum Gasteiger partial charge on any atom is 0.337 e. The average molecular weight is 294 g/mol. The summed E-state index contributed by atoms with van der Waals surface area (Å²) in [5.74, 6) is -1.49. The maximum atomic E-state index is 13.7. The van der Waals surface area contributed by atoms with Crippen LogP contribution in [0.3, 0.4) is 0 Å². The van der Waals surface area contributed by atoms with Gasteiger partial charge in [-0.15, -0.1) is 0 Å². The minimum absolute atomic E-state index is 0.0175. The number of carbonyl (C=O) groups is 2. The summed E-state index contributed by atoms with van der Waals surface area (Å²) in [5, 5.41) is 5.61. The van der Waals surface area contributed by atoms with Gasteiger partial charge in [0.25, 0.3) is 0 Å². The summed E-state index contributed by atoms with van der Waals surface area (Å²) in [7, 11) is 1.25. The van der Waals surface area contributed by atoms with Gasteiger partial charge in [0, 0.05) is 6.04 Å². The number of amides is 1. The Hall–Kier alpha value is -1.95. The molecular formula is C15H19FN2O3. The number of hydrogen-bond donors (Lipinski definition) is 2. The number of rotatable bonds is 5. The summed E-state index contributed by atoms with van der Waals surface area (Å²) < 4.78 is 18.2. The molecule has 21 heavy (non-hydrogen) atoms. The topological polar surface area (TPSA) is 67.4 Å². The molecule has 0 aromatic heterocycles. The van der Waals surface area contributed by atoms with Gasteiger partial charge >= 0.3 is 5.97 Å². The smallest absolute Gasteiger partial charge is 0.337 e. The normalized spacial score (nSPS) is 15.0. The monoisotopic (exact) mass is 294 g/mol. The first-order chi connectivity index (χ1) is 10.1. The van der Waals surface area contributed by atoms with Crippen molar-refractivity contribution >= 4 is 17.6 Å². The number of methoxy groups -OCH3 is 1. The molecule has 0 heterocycles. The largest absolute Gasteiger partial charge is 0.465 e. The molecule has 2 N–H and O–H groups in total. The van der Waals surface area contributed by atoms with Crippen LogP contribution in [0.4, 0.5) is 10.1 Å². The number of nitrogens with one attached hydrogen (secondary N) is 2. The zero-order valence-corrected chi connectivity index (χ0v) is 11.9. The molecule has 5 nitrogen and oxygen atoms in total. The van der Waals surface area contributed by atoms with Crippen LogP contribution in [0.1, 0.15) is 36.0 Å². The van der Waals surface area contributed by atoms with E-state index in [0.29, 0.717) is 6.04 Å². The number of esters is 1. The highest BCUT2D eigenvalue weighted by Gasteiger charge is 2.16. The van der Waals surface area contributed by atoms with Crippen molar-refractivity contribution in [2.75, 3.05) is 19.0 Å². The molecule has 1 aliphatic rings. The summed E-state index contributed by atoms with van der Waals surface area (Å²) in [4.78, 5) is 23.2. The van der Waals surface area contributed by atoms with E-state index in [1.807, 2.05) is 0 Å². The lowest BCUT2D eigenvalue weighted by Gasteiger charge is -2.12. The molecule has 6 heteroatoms. The van der Waals surface area contributed by atoms with Gasteiger partial charge in [-0.05, 0) is 31.0 Å². The van der Waals surface area contributed by atoms with Gasteiger partial charge in [0.15, 0.2) is 0 Å². The highest BCUT2D eigenvalue weighted by atomic mass is 19.1.